The number of carbonyl (C=O) groups excluding carboxylic acids is 2. The predicted molar refractivity (Wildman–Crippen MR) is 226 cm³/mol. The zero-order valence-corrected chi connectivity index (χ0v) is 35.7. The Morgan fingerprint density at radius 1 is 1.13 bits per heavy atom. The number of nitrogens with two attached hydrogens (primary N) is 1. The summed E-state index contributed by atoms with van der Waals surface area (Å²) in [5.74, 6) is -0.791. The van der Waals surface area contributed by atoms with Crippen LogP contribution < -0.4 is 11.2 Å². The highest BCUT2D eigenvalue weighted by Crippen LogP contribution is 2.43. The molecule has 1 aromatic carbocycles. The van der Waals surface area contributed by atoms with Crippen molar-refractivity contribution in [2.75, 3.05) is 59.8 Å². The smallest absolute Gasteiger partial charge is 0.324 e. The predicted octanol–water partition coefficient (Wildman–Crippen LogP) is 5.30. The minimum absolute atomic E-state index is 0.140. The summed E-state index contributed by atoms with van der Waals surface area (Å²) < 4.78 is 32.1. The lowest BCUT2D eigenvalue weighted by atomic mass is 9.84. The van der Waals surface area contributed by atoms with Crippen LogP contribution in [0.15, 0.2) is 41.9 Å². The standard InChI is InChI=1S/C44H56N8O7S/c1-27(55-5)38-30(8-6-14-47-38)39-32-23-44(2,3)26-59-43(54)33-9-7-15-52(49-33)42(53)37(45)40(51-16-20-57-24-36(51)46-4)41-48-34(25-60-41)28-10-11-35(31(32)22-28)50(39)17-21-58-29-12-18-56-19-13-29/h6,8,10-11,14,22,25,27,29,33,36-37,40,49H,7,9,12-13,15-21,23-24,26,45H2,1-3,5H3/t27-,33-,36+,37-,40-/m0/s1. The Labute approximate surface area is 355 Å². The van der Waals surface area contributed by atoms with Crippen LogP contribution in [0, 0.1) is 12.0 Å². The highest BCUT2D eigenvalue weighted by Gasteiger charge is 2.44. The summed E-state index contributed by atoms with van der Waals surface area (Å²) in [7, 11) is 1.70. The lowest BCUT2D eigenvalue weighted by Crippen LogP contribution is -2.62. The van der Waals surface area contributed by atoms with Crippen LogP contribution in [0.5, 0.6) is 0 Å². The summed E-state index contributed by atoms with van der Waals surface area (Å²) in [6.45, 7) is 18.3. The number of nitrogens with one attached hydrogen (secondary N) is 1. The van der Waals surface area contributed by atoms with E-state index in [2.05, 4.69) is 53.0 Å². The van der Waals surface area contributed by atoms with Gasteiger partial charge in [-0.25, -0.2) is 21.9 Å². The van der Waals surface area contributed by atoms with Crippen molar-refractivity contribution in [3.05, 3.63) is 69.6 Å². The van der Waals surface area contributed by atoms with Gasteiger partial charge in [-0.05, 0) is 68.9 Å². The first-order chi connectivity index (χ1) is 29.1. The molecule has 320 valence electrons. The van der Waals surface area contributed by atoms with Gasteiger partial charge in [0.05, 0.1) is 55.2 Å². The SMILES string of the molecule is [C-]#[N+][C@H]1COCCN1[C@@H]1c2nc(cs2)-c2ccc3c(c2)c(c(-c2cccnc2[C@H](C)OC)n3CCOC2CCOCC2)CC(C)(C)COC(=O)[C@@H]2CCCN(N2)C(=O)[C@H]1N. The number of morpholine rings is 1. The van der Waals surface area contributed by atoms with Gasteiger partial charge in [0.15, 0.2) is 0 Å². The van der Waals surface area contributed by atoms with E-state index in [1.165, 1.54) is 16.3 Å². The average molecular weight is 841 g/mol. The van der Waals surface area contributed by atoms with Crippen LogP contribution in [-0.2, 0) is 46.2 Å². The van der Waals surface area contributed by atoms with Crippen LogP contribution in [0.4, 0.5) is 0 Å². The van der Waals surface area contributed by atoms with Crippen LogP contribution in [0.3, 0.4) is 0 Å². The second-order valence-electron chi connectivity index (χ2n) is 16.9. The Hall–Kier alpha value is -4.31. The normalized spacial score (nSPS) is 25.1. The van der Waals surface area contributed by atoms with Gasteiger partial charge >= 0.3 is 12.1 Å². The van der Waals surface area contributed by atoms with Crippen molar-refractivity contribution < 1.29 is 33.3 Å². The number of amides is 1. The maximum absolute atomic E-state index is 14.3. The van der Waals surface area contributed by atoms with E-state index in [1.54, 1.807) is 13.3 Å². The van der Waals surface area contributed by atoms with Crippen molar-refractivity contribution in [3.63, 3.8) is 0 Å². The number of benzene rings is 1. The first-order valence-corrected chi connectivity index (χ1v) is 21.9. The zero-order chi connectivity index (χ0) is 42.0. The molecule has 4 aliphatic heterocycles. The van der Waals surface area contributed by atoms with Gasteiger partial charge in [-0.1, -0.05) is 19.9 Å². The number of rotatable bonds is 8. The maximum atomic E-state index is 14.3. The Kier molecular flexibility index (Phi) is 13.0. The van der Waals surface area contributed by atoms with E-state index >= 15 is 0 Å². The topological polar surface area (TPSA) is 160 Å². The fraction of sp³-hybridized carbons (Fsp3) is 0.568. The summed E-state index contributed by atoms with van der Waals surface area (Å²) in [4.78, 5) is 44.0. The first-order valence-electron chi connectivity index (χ1n) is 21.0. The van der Waals surface area contributed by atoms with Gasteiger partial charge in [0.2, 0.25) is 0 Å². The molecule has 7 heterocycles. The minimum Gasteiger partial charge on any atom is -0.464 e. The maximum Gasteiger partial charge on any atom is 0.324 e. The fourth-order valence-electron chi connectivity index (χ4n) is 8.93. The van der Waals surface area contributed by atoms with E-state index in [0.29, 0.717) is 70.3 Å². The van der Waals surface area contributed by atoms with E-state index in [-0.39, 0.29) is 31.3 Å². The molecule has 6 bridgehead atoms. The van der Waals surface area contributed by atoms with E-state index in [4.69, 9.17) is 46.0 Å². The number of methoxy groups -OCH3 is 1. The summed E-state index contributed by atoms with van der Waals surface area (Å²) >= 11 is 1.43. The van der Waals surface area contributed by atoms with Crippen LogP contribution >= 0.6 is 11.3 Å². The molecule has 16 heteroatoms. The van der Waals surface area contributed by atoms with Crippen LogP contribution in [0.1, 0.15) is 74.9 Å². The summed E-state index contributed by atoms with van der Waals surface area (Å²) in [5, 5.41) is 5.13. The minimum atomic E-state index is -1.08. The molecule has 0 spiro atoms. The van der Waals surface area contributed by atoms with Gasteiger partial charge < -0.3 is 34.0 Å². The van der Waals surface area contributed by atoms with Gasteiger partial charge in [-0.15, -0.1) is 11.3 Å². The van der Waals surface area contributed by atoms with Crippen molar-refractivity contribution in [1.29, 1.82) is 0 Å². The Morgan fingerprint density at radius 3 is 2.77 bits per heavy atom. The van der Waals surface area contributed by atoms with E-state index in [1.807, 2.05) is 23.3 Å². The molecule has 0 saturated carbocycles. The van der Waals surface area contributed by atoms with Crippen LogP contribution in [0.25, 0.3) is 38.3 Å². The Bertz CT molecular complexity index is 2210. The monoisotopic (exact) mass is 840 g/mol. The number of hydrogen-bond acceptors (Lipinski definition) is 13. The molecular formula is C44H56N8O7S. The largest absolute Gasteiger partial charge is 0.464 e. The van der Waals surface area contributed by atoms with Crippen molar-refractivity contribution in [1.82, 2.24) is 29.9 Å². The third-order valence-electron chi connectivity index (χ3n) is 12.2. The number of cyclic esters (lactones) is 1. The van der Waals surface area contributed by atoms with Gasteiger partial charge in [-0.3, -0.25) is 24.4 Å². The highest BCUT2D eigenvalue weighted by molar-refractivity contribution is 7.10. The first kappa shape index (κ1) is 42.4. The van der Waals surface area contributed by atoms with Gasteiger partial charge in [0.1, 0.15) is 23.7 Å². The number of carbonyl (C=O) groups is 2. The van der Waals surface area contributed by atoms with E-state index in [9.17, 15) is 9.59 Å². The second-order valence-corrected chi connectivity index (χ2v) is 17.8. The third kappa shape index (κ3) is 8.73. The molecule has 1 amide bonds. The highest BCUT2D eigenvalue weighted by atomic mass is 32.1. The molecule has 0 unspecified atom stereocenters. The molecule has 3 fully saturated rings. The number of hydrazine groups is 1. The van der Waals surface area contributed by atoms with Crippen molar-refractivity contribution in [3.8, 4) is 22.5 Å². The molecule has 4 aliphatic rings. The van der Waals surface area contributed by atoms with Gasteiger partial charge in [0.25, 0.3) is 5.91 Å². The number of nitrogens with zero attached hydrogens (tertiary/aromatic N) is 6. The molecular weight excluding hydrogens is 785 g/mol. The van der Waals surface area contributed by atoms with Crippen LogP contribution in [-0.4, -0.2) is 121 Å². The fourth-order valence-corrected chi connectivity index (χ4v) is 9.93. The third-order valence-corrected chi connectivity index (χ3v) is 13.1. The molecule has 0 aliphatic carbocycles. The summed E-state index contributed by atoms with van der Waals surface area (Å²) in [6, 6.07) is 7.99. The van der Waals surface area contributed by atoms with E-state index in [0.717, 1.165) is 57.5 Å². The lowest BCUT2D eigenvalue weighted by Gasteiger charge is -2.39. The zero-order valence-electron chi connectivity index (χ0n) is 34.9. The molecule has 4 aromatic rings. The number of ether oxygens (including phenoxy) is 5. The quantitative estimate of drug-likeness (QED) is 0.175. The van der Waals surface area contributed by atoms with E-state index < -0.39 is 35.7 Å². The second kappa shape index (κ2) is 18.3. The van der Waals surface area contributed by atoms with Gasteiger partial charge in [0, 0.05) is 79.0 Å². The van der Waals surface area contributed by atoms with Crippen molar-refractivity contribution in [2.45, 2.75) is 95.9 Å². The van der Waals surface area contributed by atoms with Crippen molar-refractivity contribution in [2.24, 2.45) is 11.1 Å². The van der Waals surface area contributed by atoms with Crippen LogP contribution in [0.2, 0.25) is 0 Å². The molecule has 3 aromatic heterocycles. The van der Waals surface area contributed by atoms with Gasteiger partial charge in [-0.2, -0.15) is 0 Å². The Morgan fingerprint density at radius 2 is 1.97 bits per heavy atom. The molecule has 15 nitrogen and oxygen atoms in total. The molecule has 8 rings (SSSR count). The Balaban J connectivity index is 1.30. The molecule has 60 heavy (non-hydrogen) atoms. The summed E-state index contributed by atoms with van der Waals surface area (Å²) in [5.41, 5.74) is 16.2. The average Bonchev–Trinajstić information content (AvgIpc) is 3.88. The number of esters is 1. The summed E-state index contributed by atoms with van der Waals surface area (Å²) in [6.07, 6.45) is 4.43. The number of fused-ring (bicyclic) bond motifs is 6. The lowest BCUT2D eigenvalue weighted by molar-refractivity contribution is -0.155. The number of thiazole rings is 1. The molecule has 5 atom stereocenters. The molecule has 3 N–H and O–H groups in total. The molecule has 0 radical (unpaired) electrons. The number of pyridine rings is 1. The molecule has 3 saturated heterocycles. The number of aromatic nitrogens is 3. The number of hydrogen-bond donors (Lipinski definition) is 2. The van der Waals surface area contributed by atoms with Crippen molar-refractivity contribution >= 4 is 34.1 Å².